The summed E-state index contributed by atoms with van der Waals surface area (Å²) in [6.07, 6.45) is 24.8. The van der Waals surface area contributed by atoms with Gasteiger partial charge in [0.25, 0.3) is 0 Å². The van der Waals surface area contributed by atoms with Crippen molar-refractivity contribution in [2.24, 2.45) is 0 Å². The summed E-state index contributed by atoms with van der Waals surface area (Å²) < 4.78 is 5.35. The Labute approximate surface area is 154 Å². The summed E-state index contributed by atoms with van der Waals surface area (Å²) in [7, 11) is 0. The molecule has 0 saturated heterocycles. The molecule has 0 heterocycles. The largest absolute Gasteiger partial charge is 0.479 e. The first-order valence-electron chi connectivity index (χ1n) is 10.0. The number of aliphatic carboxylic acids is 1. The molecule has 0 amide bonds. The van der Waals surface area contributed by atoms with E-state index in [1.54, 1.807) is 0 Å². The molecule has 0 aromatic carbocycles. The quantitative estimate of drug-likeness (QED) is 0.242. The van der Waals surface area contributed by atoms with Crippen molar-refractivity contribution in [2.45, 2.75) is 90.6 Å². The monoisotopic (exact) mass is 350 g/mol. The summed E-state index contributed by atoms with van der Waals surface area (Å²) >= 11 is 0. The fourth-order valence-corrected chi connectivity index (χ4v) is 2.49. The minimum atomic E-state index is -0.848. The van der Waals surface area contributed by atoms with Crippen LogP contribution in [-0.4, -0.2) is 23.8 Å². The van der Waals surface area contributed by atoms with E-state index in [9.17, 15) is 4.79 Å². The molecule has 0 rings (SSSR count). The first-order chi connectivity index (χ1) is 12.2. The van der Waals surface area contributed by atoms with E-state index < -0.39 is 12.1 Å². The molecule has 25 heavy (non-hydrogen) atoms. The van der Waals surface area contributed by atoms with Crippen LogP contribution in [0.1, 0.15) is 84.5 Å². The maximum Gasteiger partial charge on any atom is 0.332 e. The van der Waals surface area contributed by atoms with E-state index in [0.717, 1.165) is 32.1 Å². The van der Waals surface area contributed by atoms with Gasteiger partial charge in [-0.25, -0.2) is 4.79 Å². The van der Waals surface area contributed by atoms with Gasteiger partial charge in [-0.15, -0.1) is 0 Å². The highest BCUT2D eigenvalue weighted by Gasteiger charge is 2.14. The van der Waals surface area contributed by atoms with Crippen molar-refractivity contribution in [2.75, 3.05) is 6.61 Å². The highest BCUT2D eigenvalue weighted by atomic mass is 16.5. The minimum absolute atomic E-state index is 0.536. The van der Waals surface area contributed by atoms with Gasteiger partial charge in [-0.05, 0) is 44.9 Å². The Balaban J connectivity index is 3.32. The normalized spacial score (nSPS) is 13.4. The molecule has 1 unspecified atom stereocenters. The van der Waals surface area contributed by atoms with Crippen molar-refractivity contribution in [3.63, 3.8) is 0 Å². The van der Waals surface area contributed by atoms with E-state index in [0.29, 0.717) is 13.0 Å². The van der Waals surface area contributed by atoms with Crippen LogP contribution in [0.4, 0.5) is 0 Å². The molecule has 0 fully saturated rings. The molecule has 0 aliphatic carbocycles. The number of carboxylic acids is 1. The van der Waals surface area contributed by atoms with E-state index in [-0.39, 0.29) is 0 Å². The number of unbranched alkanes of at least 4 members (excludes halogenated alkanes) is 6. The standard InChI is InChI=1S/C22H38O3/c1-3-5-6-7-8-9-10-11-12-13-14-15-16-17-18-19-20-25-21(4-2)22(23)24/h5-6,8-9,11-12,21H,3-4,7,10,13-20H2,1-2H3,(H,23,24)/b6-5-,9-8+,12-11-. The molecular weight excluding hydrogens is 312 g/mol. The predicted molar refractivity (Wildman–Crippen MR) is 107 cm³/mol. The molecule has 0 aliphatic rings. The van der Waals surface area contributed by atoms with Gasteiger partial charge in [0.05, 0.1) is 0 Å². The first kappa shape index (κ1) is 23.6. The SMILES string of the molecule is CC/C=C\C/C=C/C/C=C\CCCCCCCCOC(CC)C(=O)O. The summed E-state index contributed by atoms with van der Waals surface area (Å²) in [6, 6.07) is 0. The third-order valence-electron chi connectivity index (χ3n) is 4.01. The van der Waals surface area contributed by atoms with Gasteiger partial charge in [-0.3, -0.25) is 0 Å². The Morgan fingerprint density at radius 3 is 2.00 bits per heavy atom. The van der Waals surface area contributed by atoms with Crippen molar-refractivity contribution in [3.8, 4) is 0 Å². The van der Waals surface area contributed by atoms with Crippen LogP contribution in [-0.2, 0) is 9.53 Å². The molecule has 0 aromatic heterocycles. The summed E-state index contributed by atoms with van der Waals surface area (Å²) in [6.45, 7) is 4.56. The molecule has 0 spiro atoms. The van der Waals surface area contributed by atoms with Gasteiger partial charge >= 0.3 is 5.97 Å². The molecular formula is C22H38O3. The van der Waals surface area contributed by atoms with E-state index >= 15 is 0 Å². The molecule has 0 radical (unpaired) electrons. The number of ether oxygens (including phenoxy) is 1. The van der Waals surface area contributed by atoms with Gasteiger partial charge in [0.2, 0.25) is 0 Å². The lowest BCUT2D eigenvalue weighted by Gasteiger charge is -2.10. The lowest BCUT2D eigenvalue weighted by molar-refractivity contribution is -0.150. The third kappa shape index (κ3) is 17.3. The van der Waals surface area contributed by atoms with E-state index in [4.69, 9.17) is 9.84 Å². The second-order valence-corrected chi connectivity index (χ2v) is 6.31. The van der Waals surface area contributed by atoms with Crippen LogP contribution in [0.25, 0.3) is 0 Å². The van der Waals surface area contributed by atoms with E-state index in [2.05, 4.69) is 43.4 Å². The smallest absolute Gasteiger partial charge is 0.332 e. The van der Waals surface area contributed by atoms with Gasteiger partial charge < -0.3 is 9.84 Å². The maximum absolute atomic E-state index is 10.8. The van der Waals surface area contributed by atoms with Crippen LogP contribution in [0.3, 0.4) is 0 Å². The number of allylic oxidation sites excluding steroid dienone is 6. The zero-order valence-electron chi connectivity index (χ0n) is 16.3. The maximum atomic E-state index is 10.8. The average molecular weight is 351 g/mol. The number of rotatable bonds is 17. The molecule has 0 bridgehead atoms. The number of carbonyl (C=O) groups is 1. The molecule has 0 saturated carbocycles. The molecule has 1 atom stereocenters. The van der Waals surface area contributed by atoms with Gasteiger partial charge in [0.15, 0.2) is 6.10 Å². The number of carboxylic acid groups (broad SMARTS) is 1. The molecule has 3 heteroatoms. The van der Waals surface area contributed by atoms with Crippen LogP contribution >= 0.6 is 0 Å². The minimum Gasteiger partial charge on any atom is -0.479 e. The molecule has 0 aromatic rings. The summed E-state index contributed by atoms with van der Waals surface area (Å²) in [5, 5.41) is 8.87. The van der Waals surface area contributed by atoms with E-state index in [1.165, 1.54) is 32.1 Å². The zero-order valence-corrected chi connectivity index (χ0v) is 16.3. The van der Waals surface area contributed by atoms with Crippen molar-refractivity contribution in [1.29, 1.82) is 0 Å². The van der Waals surface area contributed by atoms with Crippen molar-refractivity contribution in [1.82, 2.24) is 0 Å². The topological polar surface area (TPSA) is 46.5 Å². The Morgan fingerprint density at radius 1 is 0.840 bits per heavy atom. The van der Waals surface area contributed by atoms with Crippen molar-refractivity contribution >= 4 is 5.97 Å². The molecule has 144 valence electrons. The summed E-state index contributed by atoms with van der Waals surface area (Å²) in [5.41, 5.74) is 0. The van der Waals surface area contributed by atoms with Crippen LogP contribution in [0, 0.1) is 0 Å². The van der Waals surface area contributed by atoms with Crippen molar-refractivity contribution < 1.29 is 14.6 Å². The predicted octanol–water partition coefficient (Wildman–Crippen LogP) is 6.46. The average Bonchev–Trinajstić information content (AvgIpc) is 2.60. The van der Waals surface area contributed by atoms with E-state index in [1.807, 2.05) is 6.92 Å². The highest BCUT2D eigenvalue weighted by Crippen LogP contribution is 2.09. The summed E-state index contributed by atoms with van der Waals surface area (Å²) in [5.74, 6) is -0.848. The Morgan fingerprint density at radius 2 is 1.40 bits per heavy atom. The molecule has 3 nitrogen and oxygen atoms in total. The van der Waals surface area contributed by atoms with Crippen molar-refractivity contribution in [3.05, 3.63) is 36.5 Å². The summed E-state index contributed by atoms with van der Waals surface area (Å²) in [4.78, 5) is 10.8. The lowest BCUT2D eigenvalue weighted by Crippen LogP contribution is -2.23. The van der Waals surface area contributed by atoms with Crippen LogP contribution in [0.2, 0.25) is 0 Å². The van der Waals surface area contributed by atoms with Gasteiger partial charge in [0, 0.05) is 6.61 Å². The zero-order chi connectivity index (χ0) is 18.6. The Hall–Kier alpha value is -1.35. The third-order valence-corrected chi connectivity index (χ3v) is 4.01. The highest BCUT2D eigenvalue weighted by molar-refractivity contribution is 5.72. The number of hydrogen-bond donors (Lipinski definition) is 1. The fourth-order valence-electron chi connectivity index (χ4n) is 2.49. The van der Waals surface area contributed by atoms with Gasteiger partial charge in [-0.1, -0.05) is 76.0 Å². The molecule has 1 N–H and O–H groups in total. The first-order valence-corrected chi connectivity index (χ1v) is 10.0. The Bertz CT molecular complexity index is 383. The van der Waals surface area contributed by atoms with Crippen LogP contribution in [0.5, 0.6) is 0 Å². The second-order valence-electron chi connectivity index (χ2n) is 6.31. The lowest BCUT2D eigenvalue weighted by atomic mass is 10.1. The molecule has 0 aliphatic heterocycles. The van der Waals surface area contributed by atoms with Gasteiger partial charge in [-0.2, -0.15) is 0 Å². The van der Waals surface area contributed by atoms with Gasteiger partial charge in [0.1, 0.15) is 0 Å². The Kier molecular flexibility index (Phi) is 18.0. The number of hydrogen-bond acceptors (Lipinski definition) is 2. The second kappa shape index (κ2) is 19.0. The van der Waals surface area contributed by atoms with Crippen LogP contribution < -0.4 is 0 Å². The fraction of sp³-hybridized carbons (Fsp3) is 0.682. The van der Waals surface area contributed by atoms with Crippen LogP contribution in [0.15, 0.2) is 36.5 Å².